The molecule has 222 valence electrons. The Morgan fingerprint density at radius 3 is 2.56 bits per heavy atom. The molecule has 0 aliphatic carbocycles. The van der Waals surface area contributed by atoms with E-state index in [0.29, 0.717) is 42.9 Å². The minimum Gasteiger partial charge on any atom is -0.349 e. The fraction of sp³-hybridized carbons (Fsp3) is 0.250. The van der Waals surface area contributed by atoms with E-state index in [0.717, 1.165) is 10.2 Å². The van der Waals surface area contributed by atoms with Gasteiger partial charge in [0.2, 0.25) is 0 Å². The second kappa shape index (κ2) is 10.9. The number of nitrogens with one attached hydrogen (secondary N) is 2. The van der Waals surface area contributed by atoms with Gasteiger partial charge in [0.1, 0.15) is 0 Å². The molecular weight excluding hydrogens is 587 g/mol. The van der Waals surface area contributed by atoms with Crippen molar-refractivity contribution >= 4 is 40.1 Å². The number of alkyl halides is 3. The summed E-state index contributed by atoms with van der Waals surface area (Å²) >= 11 is 6.38. The van der Waals surface area contributed by atoms with Gasteiger partial charge < -0.3 is 24.7 Å². The number of anilines is 1. The number of nitrogens with zero attached hydrogens (tertiary/aromatic N) is 7. The Balaban J connectivity index is 1.27. The molecule has 15 heteroatoms. The summed E-state index contributed by atoms with van der Waals surface area (Å²) in [6.45, 7) is 2.50. The number of imidazole rings is 1. The van der Waals surface area contributed by atoms with Gasteiger partial charge in [0.15, 0.2) is 17.3 Å². The van der Waals surface area contributed by atoms with Crippen molar-refractivity contribution in [3.05, 3.63) is 77.1 Å². The van der Waals surface area contributed by atoms with Crippen LogP contribution in [0.2, 0.25) is 5.02 Å². The topological polar surface area (TPSA) is 115 Å². The van der Waals surface area contributed by atoms with Gasteiger partial charge in [-0.05, 0) is 36.4 Å². The number of fused-ring (bicyclic) bond motifs is 1. The van der Waals surface area contributed by atoms with E-state index in [4.69, 9.17) is 11.6 Å². The molecule has 2 amide bonds. The molecule has 43 heavy (non-hydrogen) atoms. The number of piperazine rings is 1. The van der Waals surface area contributed by atoms with Crippen LogP contribution in [0.5, 0.6) is 0 Å². The third-order valence-corrected chi connectivity index (χ3v) is 7.58. The second-order valence-corrected chi connectivity index (χ2v) is 10.5. The van der Waals surface area contributed by atoms with Gasteiger partial charge in [-0.25, -0.2) is 14.6 Å². The minimum atomic E-state index is -4.79. The van der Waals surface area contributed by atoms with Gasteiger partial charge in [-0.1, -0.05) is 11.6 Å². The molecule has 1 aliphatic rings. The summed E-state index contributed by atoms with van der Waals surface area (Å²) in [6.07, 6.45) is -0.590. The molecule has 0 atom stereocenters. The number of rotatable bonds is 5. The quantitative estimate of drug-likeness (QED) is 0.309. The molecule has 0 radical (unpaired) electrons. The molecule has 0 spiro atoms. The van der Waals surface area contributed by atoms with Crippen LogP contribution < -0.4 is 10.6 Å². The van der Waals surface area contributed by atoms with Crippen molar-refractivity contribution in [1.29, 1.82) is 0 Å². The fourth-order valence-electron chi connectivity index (χ4n) is 5.02. The maximum absolute atomic E-state index is 14.1. The van der Waals surface area contributed by atoms with Gasteiger partial charge in [0.25, 0.3) is 11.8 Å². The Kier molecular flexibility index (Phi) is 7.18. The van der Waals surface area contributed by atoms with Crippen LogP contribution >= 0.6 is 11.6 Å². The van der Waals surface area contributed by atoms with Crippen LogP contribution in [-0.4, -0.2) is 71.8 Å². The Morgan fingerprint density at radius 2 is 1.84 bits per heavy atom. The van der Waals surface area contributed by atoms with Crippen LogP contribution in [0.4, 0.5) is 18.9 Å². The van der Waals surface area contributed by atoms with E-state index in [1.54, 1.807) is 29.3 Å². The lowest BCUT2D eigenvalue weighted by Crippen LogP contribution is -2.46. The monoisotopic (exact) mass is 611 g/mol. The van der Waals surface area contributed by atoms with E-state index in [9.17, 15) is 22.8 Å². The van der Waals surface area contributed by atoms with Crippen molar-refractivity contribution in [3.63, 3.8) is 0 Å². The highest BCUT2D eigenvalue weighted by molar-refractivity contribution is 6.34. The Labute approximate surface area is 247 Å². The Morgan fingerprint density at radius 1 is 1.07 bits per heavy atom. The maximum Gasteiger partial charge on any atom is 0.435 e. The smallest absolute Gasteiger partial charge is 0.349 e. The summed E-state index contributed by atoms with van der Waals surface area (Å²) in [7, 11) is 3.28. The van der Waals surface area contributed by atoms with Gasteiger partial charge in [0, 0.05) is 58.4 Å². The summed E-state index contributed by atoms with van der Waals surface area (Å²) in [6, 6.07) is 9.59. The van der Waals surface area contributed by atoms with Gasteiger partial charge >= 0.3 is 6.18 Å². The highest BCUT2D eigenvalue weighted by Gasteiger charge is 2.39. The molecule has 4 aromatic heterocycles. The fourth-order valence-corrected chi connectivity index (χ4v) is 5.28. The first kappa shape index (κ1) is 28.4. The minimum absolute atomic E-state index is 0.0273. The second-order valence-electron chi connectivity index (χ2n) is 10.1. The SMILES string of the molecule is Cn1c(-c2cn(-c3ccc4c(ccn4C)n3)nc2C(F)(F)F)cnc1C(=O)Nc1ccc(C(=O)N2CCNCC2)c(Cl)c1. The Bertz CT molecular complexity index is 1870. The summed E-state index contributed by atoms with van der Waals surface area (Å²) in [5, 5.41) is 9.79. The summed E-state index contributed by atoms with van der Waals surface area (Å²) < 4.78 is 46.5. The van der Waals surface area contributed by atoms with Crippen molar-refractivity contribution in [2.45, 2.75) is 6.18 Å². The summed E-state index contributed by atoms with van der Waals surface area (Å²) in [5.41, 5.74) is 0.632. The molecule has 1 aromatic carbocycles. The summed E-state index contributed by atoms with van der Waals surface area (Å²) in [4.78, 5) is 36.2. The van der Waals surface area contributed by atoms with Gasteiger partial charge in [-0.3, -0.25) is 9.59 Å². The number of carbonyl (C=O) groups excluding carboxylic acids is 2. The molecule has 0 unspecified atom stereocenters. The molecule has 5 aromatic rings. The lowest BCUT2D eigenvalue weighted by Gasteiger charge is -2.27. The normalized spacial score (nSPS) is 14.0. The van der Waals surface area contributed by atoms with Crippen molar-refractivity contribution < 1.29 is 22.8 Å². The summed E-state index contributed by atoms with van der Waals surface area (Å²) in [5.74, 6) is -0.829. The lowest BCUT2D eigenvalue weighted by atomic mass is 10.1. The molecule has 1 aliphatic heterocycles. The first-order valence-corrected chi connectivity index (χ1v) is 13.6. The van der Waals surface area contributed by atoms with Crippen molar-refractivity contribution in [3.8, 4) is 17.1 Å². The number of pyridine rings is 1. The van der Waals surface area contributed by atoms with E-state index in [-0.39, 0.29) is 33.8 Å². The number of benzene rings is 1. The molecule has 0 saturated carbocycles. The highest BCUT2D eigenvalue weighted by Crippen LogP contribution is 2.37. The molecule has 11 nitrogen and oxygen atoms in total. The number of aromatic nitrogens is 6. The van der Waals surface area contributed by atoms with Crippen LogP contribution in [0.25, 0.3) is 28.1 Å². The predicted molar refractivity (Wildman–Crippen MR) is 153 cm³/mol. The molecule has 1 fully saturated rings. The lowest BCUT2D eigenvalue weighted by molar-refractivity contribution is -0.140. The zero-order chi connectivity index (χ0) is 30.5. The van der Waals surface area contributed by atoms with E-state index in [2.05, 4.69) is 25.7 Å². The van der Waals surface area contributed by atoms with Gasteiger partial charge in [-0.15, -0.1) is 0 Å². The molecule has 0 bridgehead atoms. The third kappa shape index (κ3) is 5.34. The number of amides is 2. The zero-order valence-corrected chi connectivity index (χ0v) is 23.7. The van der Waals surface area contributed by atoms with Crippen molar-refractivity contribution in [1.82, 2.24) is 39.1 Å². The third-order valence-electron chi connectivity index (χ3n) is 7.27. The number of halogens is 4. The van der Waals surface area contributed by atoms with E-state index < -0.39 is 17.8 Å². The van der Waals surface area contributed by atoms with Gasteiger partial charge in [0.05, 0.1) is 39.1 Å². The van der Waals surface area contributed by atoms with E-state index in [1.807, 2.05) is 11.6 Å². The molecular formula is C28H25ClF3N9O2. The molecule has 6 rings (SSSR count). The average Bonchev–Trinajstić information content (AvgIpc) is 3.69. The van der Waals surface area contributed by atoms with Crippen molar-refractivity contribution in [2.24, 2.45) is 14.1 Å². The molecule has 5 heterocycles. The number of aryl methyl sites for hydroxylation is 1. The average molecular weight is 612 g/mol. The van der Waals surface area contributed by atoms with Crippen LogP contribution in [0.1, 0.15) is 26.7 Å². The Hall–Kier alpha value is -4.69. The molecule has 1 saturated heterocycles. The number of hydrogen-bond donors (Lipinski definition) is 2. The van der Waals surface area contributed by atoms with Crippen LogP contribution in [0.3, 0.4) is 0 Å². The zero-order valence-electron chi connectivity index (χ0n) is 23.0. The first-order chi connectivity index (χ1) is 20.5. The van der Waals surface area contributed by atoms with Crippen LogP contribution in [-0.2, 0) is 20.3 Å². The highest BCUT2D eigenvalue weighted by atomic mass is 35.5. The van der Waals surface area contributed by atoms with E-state index in [1.165, 1.54) is 42.2 Å². The number of carbonyl (C=O) groups is 2. The predicted octanol–water partition coefficient (Wildman–Crippen LogP) is 4.13. The van der Waals surface area contributed by atoms with Gasteiger partial charge in [-0.2, -0.15) is 18.3 Å². The van der Waals surface area contributed by atoms with E-state index >= 15 is 0 Å². The number of hydrogen-bond acceptors (Lipinski definition) is 6. The largest absolute Gasteiger partial charge is 0.435 e. The maximum atomic E-state index is 14.1. The van der Waals surface area contributed by atoms with Crippen LogP contribution in [0.15, 0.2) is 55.0 Å². The first-order valence-electron chi connectivity index (χ1n) is 13.2. The standard InChI is InChI=1S/C28H25ClF3N9O2/c1-38-10-7-20-21(38)5-6-23(36-20)41-15-18(24(37-41)28(30,31)32)22-14-34-25(39(22)2)26(42)35-16-3-4-17(19(29)13-16)27(43)40-11-8-33-9-12-40/h3-7,10,13-15,33H,8-9,11-12H2,1-2H3,(H,35,42). The van der Waals surface area contributed by atoms with Crippen molar-refractivity contribution in [2.75, 3.05) is 31.5 Å². The van der Waals surface area contributed by atoms with Crippen LogP contribution in [0, 0.1) is 0 Å². The molecule has 2 N–H and O–H groups in total.